The fourth-order valence-corrected chi connectivity index (χ4v) is 1.92. The molecule has 0 unspecified atom stereocenters. The average Bonchev–Trinajstić information content (AvgIpc) is 2.42. The number of urea groups is 1. The van der Waals surface area contributed by atoms with Gasteiger partial charge in [-0.25, -0.2) is 9.18 Å². The van der Waals surface area contributed by atoms with Gasteiger partial charge in [0.05, 0.1) is 5.69 Å². The maximum Gasteiger partial charge on any atom is 0.319 e. The van der Waals surface area contributed by atoms with E-state index in [-0.39, 0.29) is 5.69 Å². The zero-order chi connectivity index (χ0) is 14.5. The minimum Gasteiger partial charge on any atom is -0.334 e. The van der Waals surface area contributed by atoms with Crippen LogP contribution in [0.3, 0.4) is 0 Å². The summed E-state index contributed by atoms with van der Waals surface area (Å²) in [7, 11) is 0. The first-order valence-electron chi connectivity index (χ1n) is 6.10. The summed E-state index contributed by atoms with van der Waals surface area (Å²) in [4.78, 5) is 11.7. The van der Waals surface area contributed by atoms with Crippen LogP contribution in [0.4, 0.5) is 14.9 Å². The Bertz CT molecular complexity index is 631. The number of hydrogen-bond donors (Lipinski definition) is 2. The molecule has 0 aliphatic rings. The molecule has 0 aliphatic heterocycles. The van der Waals surface area contributed by atoms with Crippen LogP contribution in [0.5, 0.6) is 0 Å². The molecular formula is C15H14ClFN2O. The van der Waals surface area contributed by atoms with E-state index in [1.165, 1.54) is 18.2 Å². The van der Waals surface area contributed by atoms with Crippen LogP contribution in [-0.4, -0.2) is 6.03 Å². The van der Waals surface area contributed by atoms with E-state index in [0.717, 1.165) is 11.1 Å². The summed E-state index contributed by atoms with van der Waals surface area (Å²) >= 11 is 5.76. The standard InChI is InChI=1S/C15H14ClFN2O/c1-10-4-2-3-5-11(10)9-18-15(20)19-14-8-12(16)6-7-13(14)17/h2-8H,9H2,1H3,(H2,18,19,20). The summed E-state index contributed by atoms with van der Waals surface area (Å²) in [6.45, 7) is 2.34. The zero-order valence-corrected chi connectivity index (χ0v) is 11.7. The third-order valence-corrected chi connectivity index (χ3v) is 3.11. The Morgan fingerprint density at radius 2 is 2.00 bits per heavy atom. The lowest BCUT2D eigenvalue weighted by molar-refractivity contribution is 0.251. The first-order chi connectivity index (χ1) is 9.56. The zero-order valence-electron chi connectivity index (χ0n) is 10.9. The highest BCUT2D eigenvalue weighted by Crippen LogP contribution is 2.19. The molecule has 0 heterocycles. The van der Waals surface area contributed by atoms with Gasteiger partial charge in [0.2, 0.25) is 0 Å². The van der Waals surface area contributed by atoms with E-state index < -0.39 is 11.8 Å². The highest BCUT2D eigenvalue weighted by atomic mass is 35.5. The smallest absolute Gasteiger partial charge is 0.319 e. The maximum atomic E-state index is 13.5. The molecule has 2 aromatic carbocycles. The van der Waals surface area contributed by atoms with Crippen molar-refractivity contribution in [2.45, 2.75) is 13.5 Å². The Morgan fingerprint density at radius 3 is 2.75 bits per heavy atom. The van der Waals surface area contributed by atoms with Gasteiger partial charge in [-0.1, -0.05) is 35.9 Å². The van der Waals surface area contributed by atoms with E-state index in [1.54, 1.807) is 0 Å². The highest BCUT2D eigenvalue weighted by Gasteiger charge is 2.07. The van der Waals surface area contributed by atoms with Crippen molar-refractivity contribution in [3.05, 3.63) is 64.4 Å². The van der Waals surface area contributed by atoms with Crippen LogP contribution >= 0.6 is 11.6 Å². The summed E-state index contributed by atoms with van der Waals surface area (Å²) in [6, 6.07) is 11.2. The van der Waals surface area contributed by atoms with E-state index in [1.807, 2.05) is 31.2 Å². The number of anilines is 1. The van der Waals surface area contributed by atoms with Crippen LogP contribution in [0.1, 0.15) is 11.1 Å². The largest absolute Gasteiger partial charge is 0.334 e. The van der Waals surface area contributed by atoms with E-state index in [0.29, 0.717) is 11.6 Å². The number of nitrogens with one attached hydrogen (secondary N) is 2. The molecule has 2 N–H and O–H groups in total. The molecule has 3 nitrogen and oxygen atoms in total. The van der Waals surface area contributed by atoms with Crippen molar-refractivity contribution < 1.29 is 9.18 Å². The Kier molecular flexibility index (Phi) is 4.58. The van der Waals surface area contributed by atoms with E-state index in [9.17, 15) is 9.18 Å². The molecule has 20 heavy (non-hydrogen) atoms. The fraction of sp³-hybridized carbons (Fsp3) is 0.133. The van der Waals surface area contributed by atoms with Crippen molar-refractivity contribution in [3.63, 3.8) is 0 Å². The lowest BCUT2D eigenvalue weighted by Crippen LogP contribution is -2.28. The minimum atomic E-state index is -0.527. The number of halogens is 2. The van der Waals surface area contributed by atoms with Crippen molar-refractivity contribution in [2.24, 2.45) is 0 Å². The molecule has 0 radical (unpaired) electrons. The van der Waals surface area contributed by atoms with Crippen molar-refractivity contribution in [3.8, 4) is 0 Å². The number of aryl methyl sites for hydroxylation is 1. The van der Waals surface area contributed by atoms with Gasteiger partial charge in [-0.15, -0.1) is 0 Å². The molecule has 5 heteroatoms. The van der Waals surface area contributed by atoms with Gasteiger partial charge in [-0.3, -0.25) is 0 Å². The summed E-state index contributed by atoms with van der Waals surface area (Å²) < 4.78 is 13.5. The predicted octanol–water partition coefficient (Wildman–Crippen LogP) is 4.11. The van der Waals surface area contributed by atoms with Gasteiger partial charge >= 0.3 is 6.03 Å². The summed E-state index contributed by atoms with van der Waals surface area (Å²) in [5, 5.41) is 5.47. The Labute approximate surface area is 121 Å². The molecule has 2 rings (SSSR count). The Hall–Kier alpha value is -2.07. The van der Waals surface area contributed by atoms with E-state index in [2.05, 4.69) is 10.6 Å². The number of rotatable bonds is 3. The van der Waals surface area contributed by atoms with Crippen LogP contribution in [0.25, 0.3) is 0 Å². The van der Waals surface area contributed by atoms with Gasteiger partial charge < -0.3 is 10.6 Å². The quantitative estimate of drug-likeness (QED) is 0.878. The second-order valence-corrected chi connectivity index (χ2v) is 4.79. The van der Waals surface area contributed by atoms with Crippen molar-refractivity contribution >= 4 is 23.3 Å². The van der Waals surface area contributed by atoms with Gasteiger partial charge in [0.15, 0.2) is 0 Å². The van der Waals surface area contributed by atoms with E-state index >= 15 is 0 Å². The maximum absolute atomic E-state index is 13.5. The van der Waals surface area contributed by atoms with Gasteiger partial charge in [-0.05, 0) is 36.2 Å². The molecule has 0 aliphatic carbocycles. The summed E-state index contributed by atoms with van der Waals surface area (Å²) in [5.74, 6) is -0.527. The number of carbonyl (C=O) groups is 1. The average molecular weight is 293 g/mol. The number of carbonyl (C=O) groups excluding carboxylic acids is 1. The van der Waals surface area contributed by atoms with E-state index in [4.69, 9.17) is 11.6 Å². The van der Waals surface area contributed by atoms with Gasteiger partial charge in [0.25, 0.3) is 0 Å². The molecule has 2 aromatic rings. The first-order valence-corrected chi connectivity index (χ1v) is 6.48. The Balaban J connectivity index is 1.96. The van der Waals surface area contributed by atoms with Crippen LogP contribution < -0.4 is 10.6 Å². The number of amides is 2. The lowest BCUT2D eigenvalue weighted by atomic mass is 10.1. The topological polar surface area (TPSA) is 41.1 Å². The molecular weight excluding hydrogens is 279 g/mol. The van der Waals surface area contributed by atoms with Gasteiger partial charge in [0.1, 0.15) is 5.82 Å². The fourth-order valence-electron chi connectivity index (χ4n) is 1.74. The van der Waals surface area contributed by atoms with Crippen LogP contribution in [0.2, 0.25) is 5.02 Å². The molecule has 0 saturated heterocycles. The number of hydrogen-bond acceptors (Lipinski definition) is 1. The molecule has 0 saturated carbocycles. The third-order valence-electron chi connectivity index (χ3n) is 2.88. The third kappa shape index (κ3) is 3.71. The first kappa shape index (κ1) is 14.3. The predicted molar refractivity (Wildman–Crippen MR) is 78.4 cm³/mol. The second kappa shape index (κ2) is 6.39. The van der Waals surface area contributed by atoms with Crippen molar-refractivity contribution in [1.82, 2.24) is 5.32 Å². The molecule has 104 valence electrons. The highest BCUT2D eigenvalue weighted by molar-refractivity contribution is 6.30. The van der Waals surface area contributed by atoms with Crippen LogP contribution in [0, 0.1) is 12.7 Å². The molecule has 0 fully saturated rings. The normalized spacial score (nSPS) is 10.2. The molecule has 0 aromatic heterocycles. The SMILES string of the molecule is Cc1ccccc1CNC(=O)Nc1cc(Cl)ccc1F. The molecule has 2 amide bonds. The Morgan fingerprint density at radius 1 is 1.25 bits per heavy atom. The van der Waals surface area contributed by atoms with Gasteiger partial charge in [0, 0.05) is 11.6 Å². The molecule has 0 atom stereocenters. The lowest BCUT2D eigenvalue weighted by Gasteiger charge is -2.10. The number of benzene rings is 2. The molecule has 0 bridgehead atoms. The van der Waals surface area contributed by atoms with Gasteiger partial charge in [-0.2, -0.15) is 0 Å². The van der Waals surface area contributed by atoms with Crippen LogP contribution in [0.15, 0.2) is 42.5 Å². The summed E-state index contributed by atoms with van der Waals surface area (Å²) in [5.41, 5.74) is 2.15. The molecule has 0 spiro atoms. The second-order valence-electron chi connectivity index (χ2n) is 4.36. The summed E-state index contributed by atoms with van der Waals surface area (Å²) in [6.07, 6.45) is 0. The van der Waals surface area contributed by atoms with Crippen molar-refractivity contribution in [2.75, 3.05) is 5.32 Å². The van der Waals surface area contributed by atoms with Crippen LogP contribution in [-0.2, 0) is 6.54 Å². The minimum absolute atomic E-state index is 0.0554. The monoisotopic (exact) mass is 292 g/mol. The van der Waals surface area contributed by atoms with Crippen molar-refractivity contribution in [1.29, 1.82) is 0 Å².